The number of nitrogen functional groups attached to an aromatic ring is 1. The zero-order valence-electron chi connectivity index (χ0n) is 8.07. The largest absolute Gasteiger partial charge is 0.384 e. The molecule has 0 saturated carbocycles. The number of aryl methyl sites for hydroxylation is 1. The van der Waals surface area contributed by atoms with E-state index in [2.05, 4.69) is 15.0 Å². The molecule has 0 radical (unpaired) electrons. The Labute approximate surface area is 96.2 Å². The molecule has 0 aromatic carbocycles. The van der Waals surface area contributed by atoms with Crippen LogP contribution in [-0.2, 0) is 6.42 Å². The molecule has 0 unspecified atom stereocenters. The molecule has 2 rings (SSSR count). The normalized spacial score (nSPS) is 10.5. The van der Waals surface area contributed by atoms with Gasteiger partial charge in [-0.3, -0.25) is 0 Å². The van der Waals surface area contributed by atoms with Crippen molar-refractivity contribution in [2.45, 2.75) is 13.3 Å². The molecule has 2 N–H and O–H groups in total. The van der Waals surface area contributed by atoms with E-state index in [1.807, 2.05) is 6.92 Å². The number of nitrogens with two attached hydrogens (primary N) is 1. The van der Waals surface area contributed by atoms with Gasteiger partial charge in [0.15, 0.2) is 10.8 Å². The summed E-state index contributed by atoms with van der Waals surface area (Å²) < 4.78 is 0.620. The molecule has 2 heterocycles. The van der Waals surface area contributed by atoms with Gasteiger partial charge in [0.2, 0.25) is 0 Å². The third-order valence-corrected chi connectivity index (χ3v) is 2.94. The van der Waals surface area contributed by atoms with E-state index in [4.69, 9.17) is 17.3 Å². The number of aromatic nitrogens is 3. The lowest BCUT2D eigenvalue weighted by Crippen LogP contribution is -1.99. The summed E-state index contributed by atoms with van der Waals surface area (Å²) >= 11 is 7.14. The molecule has 0 aliphatic carbocycles. The first-order valence-electron chi connectivity index (χ1n) is 4.44. The fourth-order valence-electron chi connectivity index (χ4n) is 1.15. The van der Waals surface area contributed by atoms with Gasteiger partial charge in [0.05, 0.1) is 6.20 Å². The Balaban J connectivity index is 2.48. The molecule has 0 amide bonds. The third kappa shape index (κ3) is 2.24. The highest BCUT2D eigenvalue weighted by atomic mass is 35.5. The van der Waals surface area contributed by atoms with Crippen LogP contribution in [0.2, 0.25) is 4.34 Å². The second kappa shape index (κ2) is 4.12. The van der Waals surface area contributed by atoms with Gasteiger partial charge >= 0.3 is 0 Å². The van der Waals surface area contributed by atoms with Gasteiger partial charge in [-0.15, -0.1) is 0 Å². The first kappa shape index (κ1) is 10.3. The summed E-state index contributed by atoms with van der Waals surface area (Å²) in [5.41, 5.74) is 6.58. The van der Waals surface area contributed by atoms with Gasteiger partial charge in [-0.1, -0.05) is 29.9 Å². The van der Waals surface area contributed by atoms with Crippen LogP contribution in [0.4, 0.5) is 5.82 Å². The van der Waals surface area contributed by atoms with Crippen LogP contribution in [0.5, 0.6) is 0 Å². The summed E-state index contributed by atoms with van der Waals surface area (Å²) in [5.74, 6) is 1.01. The summed E-state index contributed by atoms with van der Waals surface area (Å²) in [4.78, 5) is 12.6. The van der Waals surface area contributed by atoms with Crippen LogP contribution in [0.3, 0.4) is 0 Å². The Morgan fingerprint density at radius 3 is 2.87 bits per heavy atom. The molecule has 15 heavy (non-hydrogen) atoms. The van der Waals surface area contributed by atoms with Gasteiger partial charge in [-0.25, -0.2) is 15.0 Å². The molecule has 0 spiro atoms. The summed E-state index contributed by atoms with van der Waals surface area (Å²) in [6.07, 6.45) is 2.40. The Morgan fingerprint density at radius 2 is 2.27 bits per heavy atom. The predicted octanol–water partition coefficient (Wildman–Crippen LogP) is 2.40. The number of anilines is 1. The van der Waals surface area contributed by atoms with E-state index >= 15 is 0 Å². The molecule has 0 atom stereocenters. The quantitative estimate of drug-likeness (QED) is 0.876. The fourth-order valence-corrected chi connectivity index (χ4v) is 2.00. The number of thiazole rings is 1. The van der Waals surface area contributed by atoms with E-state index in [1.54, 1.807) is 12.3 Å². The van der Waals surface area contributed by atoms with E-state index in [0.29, 0.717) is 21.0 Å². The highest BCUT2D eigenvalue weighted by Gasteiger charge is 2.08. The highest BCUT2D eigenvalue weighted by molar-refractivity contribution is 7.18. The lowest BCUT2D eigenvalue weighted by atomic mass is 10.3. The molecule has 6 heteroatoms. The summed E-state index contributed by atoms with van der Waals surface area (Å²) in [6.45, 7) is 2.01. The maximum atomic E-state index is 5.79. The first-order valence-corrected chi connectivity index (χ1v) is 5.63. The molecule has 0 aliphatic rings. The molecule has 4 nitrogen and oxygen atoms in total. The molecule has 2 aromatic heterocycles. The van der Waals surface area contributed by atoms with Crippen molar-refractivity contribution in [3.05, 3.63) is 22.3 Å². The summed E-state index contributed by atoms with van der Waals surface area (Å²) in [5, 5.41) is 0.696. The Bertz CT molecular complexity index is 483. The average molecular weight is 241 g/mol. The zero-order valence-corrected chi connectivity index (χ0v) is 9.64. The van der Waals surface area contributed by atoms with Crippen molar-refractivity contribution in [3.8, 4) is 10.8 Å². The monoisotopic (exact) mass is 240 g/mol. The van der Waals surface area contributed by atoms with Crippen LogP contribution in [0.1, 0.15) is 12.6 Å². The van der Waals surface area contributed by atoms with Gasteiger partial charge in [0.1, 0.15) is 10.2 Å². The standard InChI is InChI=1S/C9H9ClN4S/c1-2-5-3-7(11)14-8(13-5)9-12-4-6(10)15-9/h3-4H,2H2,1H3,(H2,11,13,14). The van der Waals surface area contributed by atoms with Crippen molar-refractivity contribution in [1.29, 1.82) is 0 Å². The SMILES string of the molecule is CCc1cc(N)nc(-c2ncc(Cl)s2)n1. The van der Waals surface area contributed by atoms with Gasteiger partial charge in [-0.05, 0) is 6.42 Å². The zero-order chi connectivity index (χ0) is 10.8. The Kier molecular flexibility index (Phi) is 2.83. The molecular weight excluding hydrogens is 232 g/mol. The van der Waals surface area contributed by atoms with Crippen molar-refractivity contribution in [2.24, 2.45) is 0 Å². The number of nitrogens with zero attached hydrogens (tertiary/aromatic N) is 3. The lowest BCUT2D eigenvalue weighted by Gasteiger charge is -2.00. The van der Waals surface area contributed by atoms with Crippen molar-refractivity contribution < 1.29 is 0 Å². The van der Waals surface area contributed by atoms with Crippen molar-refractivity contribution in [3.63, 3.8) is 0 Å². The highest BCUT2D eigenvalue weighted by Crippen LogP contribution is 2.26. The maximum absolute atomic E-state index is 5.79. The number of hydrogen-bond acceptors (Lipinski definition) is 5. The lowest BCUT2D eigenvalue weighted by molar-refractivity contribution is 1.01. The minimum absolute atomic E-state index is 0.461. The van der Waals surface area contributed by atoms with E-state index in [0.717, 1.165) is 12.1 Å². The van der Waals surface area contributed by atoms with Gasteiger partial charge < -0.3 is 5.73 Å². The Morgan fingerprint density at radius 1 is 1.47 bits per heavy atom. The van der Waals surface area contributed by atoms with E-state index in [1.165, 1.54) is 11.3 Å². The average Bonchev–Trinajstić information content (AvgIpc) is 2.64. The molecule has 0 fully saturated rings. The van der Waals surface area contributed by atoms with Crippen molar-refractivity contribution in [1.82, 2.24) is 15.0 Å². The number of hydrogen-bond donors (Lipinski definition) is 1. The van der Waals surface area contributed by atoms with Crippen LogP contribution >= 0.6 is 22.9 Å². The molecule has 78 valence electrons. The topological polar surface area (TPSA) is 64.7 Å². The van der Waals surface area contributed by atoms with Crippen LogP contribution < -0.4 is 5.73 Å². The van der Waals surface area contributed by atoms with E-state index < -0.39 is 0 Å². The Hall–Kier alpha value is -1.20. The first-order chi connectivity index (χ1) is 7.19. The third-order valence-electron chi connectivity index (χ3n) is 1.83. The predicted molar refractivity (Wildman–Crippen MR) is 61.9 cm³/mol. The number of halogens is 1. The van der Waals surface area contributed by atoms with Crippen LogP contribution in [0.15, 0.2) is 12.3 Å². The van der Waals surface area contributed by atoms with E-state index in [-0.39, 0.29) is 0 Å². The van der Waals surface area contributed by atoms with Crippen LogP contribution in [0, 0.1) is 0 Å². The molecule has 0 bridgehead atoms. The van der Waals surface area contributed by atoms with Crippen LogP contribution in [0.25, 0.3) is 10.8 Å². The maximum Gasteiger partial charge on any atom is 0.190 e. The van der Waals surface area contributed by atoms with Gasteiger partial charge in [0, 0.05) is 11.8 Å². The van der Waals surface area contributed by atoms with Crippen LogP contribution in [-0.4, -0.2) is 15.0 Å². The van der Waals surface area contributed by atoms with Crippen molar-refractivity contribution in [2.75, 3.05) is 5.73 Å². The van der Waals surface area contributed by atoms with Crippen molar-refractivity contribution >= 4 is 28.8 Å². The second-order valence-corrected chi connectivity index (χ2v) is 4.59. The molecule has 0 aliphatic heterocycles. The summed E-state index contributed by atoms with van der Waals surface area (Å²) in [6, 6.07) is 1.76. The molecule has 0 saturated heterocycles. The fraction of sp³-hybridized carbons (Fsp3) is 0.222. The number of rotatable bonds is 2. The second-order valence-electron chi connectivity index (χ2n) is 2.93. The molecule has 2 aromatic rings. The van der Waals surface area contributed by atoms with E-state index in [9.17, 15) is 0 Å². The minimum atomic E-state index is 0.461. The summed E-state index contributed by atoms with van der Waals surface area (Å²) in [7, 11) is 0. The minimum Gasteiger partial charge on any atom is -0.384 e. The van der Waals surface area contributed by atoms with Gasteiger partial charge in [-0.2, -0.15) is 0 Å². The van der Waals surface area contributed by atoms with Gasteiger partial charge in [0.25, 0.3) is 0 Å². The molecular formula is C9H9ClN4S. The smallest absolute Gasteiger partial charge is 0.190 e.